The number of aliphatic carboxylic acids is 1. The van der Waals surface area contributed by atoms with Crippen LogP contribution < -0.4 is 21.4 Å². The fourth-order valence-corrected chi connectivity index (χ4v) is 3.98. The topological polar surface area (TPSA) is 115 Å². The van der Waals surface area contributed by atoms with Gasteiger partial charge in [0.05, 0.1) is 18.1 Å². The van der Waals surface area contributed by atoms with Gasteiger partial charge in [0.1, 0.15) is 5.75 Å². The van der Waals surface area contributed by atoms with Gasteiger partial charge in [0, 0.05) is 12.2 Å². The molecule has 1 saturated carbocycles. The number of aryl methyl sites for hydroxylation is 1. The number of ether oxygens (including phenoxy) is 1. The maximum Gasteiger partial charge on any atom is 0.354 e. The molecule has 0 amide bonds. The van der Waals surface area contributed by atoms with Crippen molar-refractivity contribution < 1.29 is 14.6 Å². The van der Waals surface area contributed by atoms with Gasteiger partial charge in [0.2, 0.25) is 5.95 Å². The molecule has 9 nitrogen and oxygen atoms in total. The third-order valence-electron chi connectivity index (χ3n) is 6.27. The van der Waals surface area contributed by atoms with E-state index in [0.29, 0.717) is 18.5 Å². The van der Waals surface area contributed by atoms with Crippen LogP contribution in [0.2, 0.25) is 0 Å². The molecular weight excluding hydrogens is 460 g/mol. The SMILES string of the molecule is C=Cc1ccc(Cn2c(Nc3ccc(OC(C)C)c(C)c3)nc(=O)n(CC3(C(=O)O)CC3)c2=O)cc1. The van der Waals surface area contributed by atoms with Gasteiger partial charge in [-0.15, -0.1) is 0 Å². The third kappa shape index (κ3) is 5.25. The average Bonchev–Trinajstić information content (AvgIpc) is 3.62. The van der Waals surface area contributed by atoms with Crippen molar-refractivity contribution in [2.24, 2.45) is 5.41 Å². The van der Waals surface area contributed by atoms with E-state index in [-0.39, 0.29) is 25.1 Å². The predicted octanol–water partition coefficient (Wildman–Crippen LogP) is 3.80. The van der Waals surface area contributed by atoms with Crippen LogP contribution in [-0.4, -0.2) is 31.3 Å². The lowest BCUT2D eigenvalue weighted by Gasteiger charge is -2.18. The fourth-order valence-electron chi connectivity index (χ4n) is 3.98. The minimum Gasteiger partial charge on any atom is -0.491 e. The normalized spacial score (nSPS) is 13.9. The summed E-state index contributed by atoms with van der Waals surface area (Å²) in [6.07, 6.45) is 2.58. The molecular formula is C27H30N4O5. The molecule has 0 atom stereocenters. The molecule has 4 rings (SSSR count). The number of aromatic nitrogens is 3. The summed E-state index contributed by atoms with van der Waals surface area (Å²) in [4.78, 5) is 42.3. The smallest absolute Gasteiger partial charge is 0.354 e. The van der Waals surface area contributed by atoms with E-state index < -0.39 is 22.8 Å². The van der Waals surface area contributed by atoms with Crippen molar-refractivity contribution in [3.63, 3.8) is 0 Å². The van der Waals surface area contributed by atoms with Gasteiger partial charge in [0.15, 0.2) is 0 Å². The Hall–Kier alpha value is -4.14. The molecule has 1 fully saturated rings. The summed E-state index contributed by atoms with van der Waals surface area (Å²) >= 11 is 0. The molecule has 0 radical (unpaired) electrons. The Bertz CT molecular complexity index is 1420. The summed E-state index contributed by atoms with van der Waals surface area (Å²) in [6, 6.07) is 12.9. The number of nitrogens with zero attached hydrogens (tertiary/aromatic N) is 3. The number of hydrogen-bond donors (Lipinski definition) is 2. The van der Waals surface area contributed by atoms with E-state index in [1.54, 1.807) is 12.1 Å². The van der Waals surface area contributed by atoms with Gasteiger partial charge in [-0.2, -0.15) is 4.98 Å². The van der Waals surface area contributed by atoms with Crippen molar-refractivity contribution in [2.45, 2.75) is 52.8 Å². The molecule has 1 aromatic heterocycles. The van der Waals surface area contributed by atoms with Gasteiger partial charge in [-0.3, -0.25) is 9.36 Å². The lowest BCUT2D eigenvalue weighted by molar-refractivity contribution is -0.144. The molecule has 0 aliphatic heterocycles. The first-order chi connectivity index (χ1) is 17.1. The summed E-state index contributed by atoms with van der Waals surface area (Å²) in [5.74, 6) is -0.199. The van der Waals surface area contributed by atoms with Crippen LogP contribution in [-0.2, 0) is 17.9 Å². The number of carboxylic acids is 1. The standard InChI is InChI=1S/C27H30N4O5/c1-5-19-6-8-20(9-7-19)15-30-24(28-21-10-11-22(18(4)14-21)36-17(2)3)29-25(34)31(26(30)35)16-27(12-13-27)23(32)33/h5-11,14,17H,1,12-13,15-16H2,2-4H3,(H,32,33)(H,28,29,34). The number of anilines is 2. The van der Waals surface area contributed by atoms with Crippen molar-refractivity contribution in [2.75, 3.05) is 5.32 Å². The Balaban J connectivity index is 1.75. The van der Waals surface area contributed by atoms with Crippen LogP contribution in [0.1, 0.15) is 43.4 Å². The highest BCUT2D eigenvalue weighted by Gasteiger charge is 2.51. The summed E-state index contributed by atoms with van der Waals surface area (Å²) < 4.78 is 8.07. The first-order valence-corrected chi connectivity index (χ1v) is 11.8. The molecule has 0 spiro atoms. The number of hydrogen-bond acceptors (Lipinski definition) is 6. The number of benzene rings is 2. The van der Waals surface area contributed by atoms with Gasteiger partial charge >= 0.3 is 17.3 Å². The van der Waals surface area contributed by atoms with E-state index in [2.05, 4.69) is 16.9 Å². The number of carbonyl (C=O) groups is 1. The van der Waals surface area contributed by atoms with E-state index in [0.717, 1.165) is 27.0 Å². The molecule has 0 unspecified atom stereocenters. The number of carboxylic acid groups (broad SMARTS) is 1. The maximum atomic E-state index is 13.5. The zero-order valence-corrected chi connectivity index (χ0v) is 20.7. The third-order valence-corrected chi connectivity index (χ3v) is 6.27. The minimum atomic E-state index is -1.09. The highest BCUT2D eigenvalue weighted by Crippen LogP contribution is 2.46. The second kappa shape index (κ2) is 9.85. The van der Waals surface area contributed by atoms with Crippen LogP contribution in [0.4, 0.5) is 11.6 Å². The van der Waals surface area contributed by atoms with Crippen LogP contribution in [0.3, 0.4) is 0 Å². The Morgan fingerprint density at radius 2 is 1.89 bits per heavy atom. The molecule has 188 valence electrons. The monoisotopic (exact) mass is 490 g/mol. The lowest BCUT2D eigenvalue weighted by Crippen LogP contribution is -2.45. The Labute approximate surface area is 208 Å². The lowest BCUT2D eigenvalue weighted by atomic mass is 10.1. The molecule has 2 N–H and O–H groups in total. The van der Waals surface area contributed by atoms with Crippen molar-refractivity contribution in [3.05, 3.63) is 86.7 Å². The first-order valence-electron chi connectivity index (χ1n) is 11.8. The second-order valence-electron chi connectivity index (χ2n) is 9.48. The Morgan fingerprint density at radius 3 is 2.44 bits per heavy atom. The molecule has 1 aliphatic carbocycles. The van der Waals surface area contributed by atoms with E-state index in [1.165, 1.54) is 4.57 Å². The second-order valence-corrected chi connectivity index (χ2v) is 9.48. The average molecular weight is 491 g/mol. The summed E-state index contributed by atoms with van der Waals surface area (Å²) in [5.41, 5.74) is 0.768. The molecule has 1 heterocycles. The molecule has 1 aliphatic rings. The summed E-state index contributed by atoms with van der Waals surface area (Å²) in [7, 11) is 0. The van der Waals surface area contributed by atoms with E-state index in [1.807, 2.05) is 57.2 Å². The van der Waals surface area contributed by atoms with Gasteiger partial charge in [0.25, 0.3) is 0 Å². The van der Waals surface area contributed by atoms with Crippen molar-refractivity contribution in [1.29, 1.82) is 0 Å². The molecule has 3 aromatic rings. The first kappa shape index (κ1) is 25.0. The zero-order chi connectivity index (χ0) is 26.0. The molecule has 9 heteroatoms. The van der Waals surface area contributed by atoms with E-state index >= 15 is 0 Å². The zero-order valence-electron chi connectivity index (χ0n) is 20.7. The van der Waals surface area contributed by atoms with Crippen LogP contribution in [0.25, 0.3) is 6.08 Å². The quantitative estimate of drug-likeness (QED) is 0.444. The maximum absolute atomic E-state index is 13.5. The van der Waals surface area contributed by atoms with Crippen LogP contribution >= 0.6 is 0 Å². The van der Waals surface area contributed by atoms with Crippen LogP contribution in [0.15, 0.2) is 58.6 Å². The summed E-state index contributed by atoms with van der Waals surface area (Å²) in [5, 5.41) is 12.7. The highest BCUT2D eigenvalue weighted by molar-refractivity contribution is 5.77. The fraction of sp³-hybridized carbons (Fsp3) is 0.333. The van der Waals surface area contributed by atoms with E-state index in [4.69, 9.17) is 4.74 Å². The number of rotatable bonds is 10. The predicted molar refractivity (Wildman–Crippen MR) is 138 cm³/mol. The largest absolute Gasteiger partial charge is 0.491 e. The van der Waals surface area contributed by atoms with Gasteiger partial charge in [-0.05, 0) is 68.5 Å². The highest BCUT2D eigenvalue weighted by atomic mass is 16.5. The van der Waals surface area contributed by atoms with Gasteiger partial charge < -0.3 is 15.2 Å². The Kier molecular flexibility index (Phi) is 6.83. The molecule has 36 heavy (non-hydrogen) atoms. The molecule has 2 aromatic carbocycles. The van der Waals surface area contributed by atoms with E-state index in [9.17, 15) is 19.5 Å². The molecule has 0 bridgehead atoms. The Morgan fingerprint density at radius 1 is 1.19 bits per heavy atom. The molecule has 0 saturated heterocycles. The van der Waals surface area contributed by atoms with Crippen LogP contribution in [0.5, 0.6) is 5.75 Å². The summed E-state index contributed by atoms with van der Waals surface area (Å²) in [6.45, 7) is 9.48. The van der Waals surface area contributed by atoms with Crippen LogP contribution in [0, 0.1) is 12.3 Å². The van der Waals surface area contributed by atoms with Gasteiger partial charge in [-0.1, -0.05) is 36.9 Å². The van der Waals surface area contributed by atoms with Crippen molar-refractivity contribution in [3.8, 4) is 5.75 Å². The van der Waals surface area contributed by atoms with Gasteiger partial charge in [-0.25, -0.2) is 14.2 Å². The minimum absolute atomic E-state index is 0.0231. The van der Waals surface area contributed by atoms with Crippen molar-refractivity contribution >= 4 is 23.7 Å². The number of nitrogens with one attached hydrogen (secondary N) is 1. The van der Waals surface area contributed by atoms with Crippen molar-refractivity contribution in [1.82, 2.24) is 14.1 Å².